The molecule has 0 heterocycles. The van der Waals surface area contributed by atoms with Gasteiger partial charge in [0.15, 0.2) is 0 Å². The van der Waals surface area contributed by atoms with Crippen LogP contribution >= 0.6 is 0 Å². The van der Waals surface area contributed by atoms with Gasteiger partial charge in [-0.15, -0.1) is 0 Å². The number of hydrogen-bond donors (Lipinski definition) is 2. The lowest BCUT2D eigenvalue weighted by molar-refractivity contribution is 0.563. The van der Waals surface area contributed by atoms with Gasteiger partial charge in [-0.05, 0) is 18.6 Å². The predicted molar refractivity (Wildman–Crippen MR) is 73.8 cm³/mol. The van der Waals surface area contributed by atoms with Gasteiger partial charge < -0.3 is 5.73 Å². The van der Waals surface area contributed by atoms with Crippen molar-refractivity contribution in [3.8, 4) is 0 Å². The summed E-state index contributed by atoms with van der Waals surface area (Å²) in [4.78, 5) is 0.0813. The smallest absolute Gasteiger partial charge is 0.241 e. The summed E-state index contributed by atoms with van der Waals surface area (Å²) in [5.41, 5.74) is 5.98. The Morgan fingerprint density at radius 1 is 1.21 bits per heavy atom. The average Bonchev–Trinajstić information content (AvgIpc) is 2.25. The summed E-state index contributed by atoms with van der Waals surface area (Å²) in [6.45, 7) is 1.60. The Bertz CT molecular complexity index is 638. The van der Waals surface area contributed by atoms with Crippen LogP contribution in [0, 0.1) is 0 Å². The van der Waals surface area contributed by atoms with E-state index in [9.17, 15) is 16.8 Å². The molecule has 3 N–H and O–H groups in total. The number of nitrogens with two attached hydrogens (primary N) is 1. The summed E-state index contributed by atoms with van der Waals surface area (Å²) in [6.07, 6.45) is 1.06. The van der Waals surface area contributed by atoms with Crippen LogP contribution in [0.2, 0.25) is 0 Å². The lowest BCUT2D eigenvalue weighted by Gasteiger charge is -2.15. The summed E-state index contributed by atoms with van der Waals surface area (Å²) in [6, 6.07) is 5.65. The van der Waals surface area contributed by atoms with E-state index in [1.807, 2.05) is 0 Å². The second-order valence-corrected chi connectivity index (χ2v) is 8.29. The molecule has 0 spiro atoms. The molecule has 0 fully saturated rings. The summed E-state index contributed by atoms with van der Waals surface area (Å²) >= 11 is 0. The van der Waals surface area contributed by atoms with Gasteiger partial charge in [-0.3, -0.25) is 0 Å². The topological polar surface area (TPSA) is 106 Å². The average molecular weight is 306 g/mol. The minimum atomic E-state index is -3.77. The van der Waals surface area contributed by atoms with Gasteiger partial charge in [0.1, 0.15) is 9.84 Å². The first-order chi connectivity index (χ1) is 8.65. The Hall–Kier alpha value is -0.960. The van der Waals surface area contributed by atoms with Crippen molar-refractivity contribution in [3.05, 3.63) is 29.8 Å². The van der Waals surface area contributed by atoms with Crippen LogP contribution in [0.15, 0.2) is 29.2 Å². The third kappa shape index (κ3) is 4.90. The van der Waals surface area contributed by atoms with Gasteiger partial charge in [0, 0.05) is 18.8 Å². The summed E-state index contributed by atoms with van der Waals surface area (Å²) in [5.74, 6) is -0.253. The molecule has 1 unspecified atom stereocenters. The maximum Gasteiger partial charge on any atom is 0.241 e. The van der Waals surface area contributed by atoms with Crippen LogP contribution < -0.4 is 10.5 Å². The van der Waals surface area contributed by atoms with Gasteiger partial charge in [-0.25, -0.2) is 21.6 Å². The molecular formula is C11H18N2O4S2. The Kier molecular flexibility index (Phi) is 5.08. The van der Waals surface area contributed by atoms with E-state index in [1.54, 1.807) is 18.2 Å². The maximum atomic E-state index is 12.1. The van der Waals surface area contributed by atoms with Crippen LogP contribution in [0.3, 0.4) is 0 Å². The fraction of sp³-hybridized carbons (Fsp3) is 0.455. The fourth-order valence-electron chi connectivity index (χ4n) is 1.75. The highest BCUT2D eigenvalue weighted by molar-refractivity contribution is 7.91. The SMILES string of the molecule is CC(CS(C)(=O)=O)NS(=O)(=O)c1ccccc1CN. The van der Waals surface area contributed by atoms with Gasteiger partial charge in [-0.1, -0.05) is 18.2 Å². The van der Waals surface area contributed by atoms with Crippen LogP contribution in [0.1, 0.15) is 12.5 Å². The molecule has 0 aliphatic carbocycles. The zero-order valence-corrected chi connectivity index (χ0v) is 12.5. The van der Waals surface area contributed by atoms with E-state index in [1.165, 1.54) is 13.0 Å². The van der Waals surface area contributed by atoms with Crippen LogP contribution in [0.25, 0.3) is 0 Å². The molecule has 0 aromatic heterocycles. The third-order valence-corrected chi connectivity index (χ3v) is 5.19. The van der Waals surface area contributed by atoms with Gasteiger partial charge >= 0.3 is 0 Å². The monoisotopic (exact) mass is 306 g/mol. The van der Waals surface area contributed by atoms with Gasteiger partial charge in [0.25, 0.3) is 0 Å². The van der Waals surface area contributed by atoms with Crippen molar-refractivity contribution in [2.45, 2.75) is 24.4 Å². The largest absolute Gasteiger partial charge is 0.326 e. The van der Waals surface area contributed by atoms with E-state index in [4.69, 9.17) is 5.73 Å². The summed E-state index contributed by atoms with van der Waals surface area (Å²) in [5, 5.41) is 0. The molecule has 0 amide bonds. The minimum Gasteiger partial charge on any atom is -0.326 e. The molecule has 19 heavy (non-hydrogen) atoms. The molecule has 6 nitrogen and oxygen atoms in total. The van der Waals surface area contributed by atoms with E-state index in [0.29, 0.717) is 5.56 Å². The maximum absolute atomic E-state index is 12.1. The normalized spacial score (nSPS) is 14.3. The number of sulfone groups is 1. The molecule has 1 aromatic carbocycles. The first kappa shape index (κ1) is 16.1. The zero-order chi connectivity index (χ0) is 14.7. The quantitative estimate of drug-likeness (QED) is 0.760. The van der Waals surface area contributed by atoms with Crippen molar-refractivity contribution < 1.29 is 16.8 Å². The second kappa shape index (κ2) is 6.00. The molecule has 0 aliphatic rings. The van der Waals surface area contributed by atoms with E-state index in [0.717, 1.165) is 6.26 Å². The number of rotatable bonds is 6. The number of nitrogens with one attached hydrogen (secondary N) is 1. The Balaban J connectivity index is 2.99. The molecule has 1 atom stereocenters. The second-order valence-electron chi connectivity index (χ2n) is 4.43. The lowest BCUT2D eigenvalue weighted by atomic mass is 10.2. The fourth-order valence-corrected chi connectivity index (χ4v) is 4.34. The summed E-state index contributed by atoms with van der Waals surface area (Å²) in [7, 11) is -7.01. The van der Waals surface area contributed by atoms with E-state index in [2.05, 4.69) is 4.72 Å². The van der Waals surface area contributed by atoms with Crippen LogP contribution in [0.5, 0.6) is 0 Å². The highest BCUT2D eigenvalue weighted by Crippen LogP contribution is 2.15. The van der Waals surface area contributed by atoms with Crippen LogP contribution in [-0.4, -0.2) is 34.9 Å². The van der Waals surface area contributed by atoms with Gasteiger partial charge in [0.2, 0.25) is 10.0 Å². The van der Waals surface area contributed by atoms with Crippen molar-refractivity contribution in [3.63, 3.8) is 0 Å². The molecule has 108 valence electrons. The standard InChI is InChI=1S/C11H18N2O4S2/c1-9(8-18(2,14)15)13-19(16,17)11-6-4-3-5-10(11)7-12/h3-6,9,13H,7-8,12H2,1-2H3. The number of benzene rings is 1. The van der Waals surface area contributed by atoms with E-state index >= 15 is 0 Å². The van der Waals surface area contributed by atoms with Crippen molar-refractivity contribution in [2.75, 3.05) is 12.0 Å². The molecule has 1 rings (SSSR count). The first-order valence-electron chi connectivity index (χ1n) is 5.64. The molecule has 0 aliphatic heterocycles. The molecule has 1 aromatic rings. The van der Waals surface area contributed by atoms with Gasteiger partial charge in [0.05, 0.1) is 10.6 Å². The lowest BCUT2D eigenvalue weighted by Crippen LogP contribution is -2.37. The molecule has 0 radical (unpaired) electrons. The van der Waals surface area contributed by atoms with E-state index in [-0.39, 0.29) is 17.2 Å². The number of hydrogen-bond acceptors (Lipinski definition) is 5. The highest BCUT2D eigenvalue weighted by Gasteiger charge is 2.21. The number of sulfonamides is 1. The van der Waals surface area contributed by atoms with Crippen molar-refractivity contribution >= 4 is 19.9 Å². The molecule has 0 bridgehead atoms. The molecule has 0 saturated heterocycles. The highest BCUT2D eigenvalue weighted by atomic mass is 32.2. The molecular weight excluding hydrogens is 288 g/mol. The van der Waals surface area contributed by atoms with E-state index < -0.39 is 25.9 Å². The molecule has 0 saturated carbocycles. The van der Waals surface area contributed by atoms with Crippen LogP contribution in [-0.2, 0) is 26.4 Å². The minimum absolute atomic E-state index is 0.0813. The first-order valence-corrected chi connectivity index (χ1v) is 9.18. The van der Waals surface area contributed by atoms with Crippen molar-refractivity contribution in [2.24, 2.45) is 5.73 Å². The Labute approximate surface area is 114 Å². The van der Waals surface area contributed by atoms with Crippen LogP contribution in [0.4, 0.5) is 0 Å². The van der Waals surface area contributed by atoms with Gasteiger partial charge in [-0.2, -0.15) is 0 Å². The third-order valence-electron chi connectivity index (χ3n) is 2.39. The Morgan fingerprint density at radius 3 is 2.32 bits per heavy atom. The molecule has 8 heteroatoms. The van der Waals surface area contributed by atoms with Crippen molar-refractivity contribution in [1.82, 2.24) is 4.72 Å². The predicted octanol–water partition coefficient (Wildman–Crippen LogP) is -0.143. The Morgan fingerprint density at radius 2 is 1.79 bits per heavy atom. The zero-order valence-electron chi connectivity index (χ0n) is 10.8. The van der Waals surface area contributed by atoms with Crippen molar-refractivity contribution in [1.29, 1.82) is 0 Å². The summed E-state index contributed by atoms with van der Waals surface area (Å²) < 4.78 is 48.9.